The Hall–Kier alpha value is -1.64. The van der Waals surface area contributed by atoms with Crippen LogP contribution < -0.4 is 0 Å². The van der Waals surface area contributed by atoms with Gasteiger partial charge in [-0.1, -0.05) is 44.6 Å². The van der Waals surface area contributed by atoms with Gasteiger partial charge in [0.15, 0.2) is 5.78 Å². The van der Waals surface area contributed by atoms with E-state index in [4.69, 9.17) is 4.74 Å². The first-order chi connectivity index (χ1) is 14.2. The van der Waals surface area contributed by atoms with Gasteiger partial charge >= 0.3 is 5.97 Å². The Kier molecular flexibility index (Phi) is 5.61. The Labute approximate surface area is 182 Å². The third kappa shape index (κ3) is 3.33. The molecule has 3 fully saturated rings. The maximum Gasteiger partial charge on any atom is 0.312 e. The normalized spacial score (nSPS) is 42.2. The van der Waals surface area contributed by atoms with Crippen LogP contribution in [0.3, 0.4) is 0 Å². The van der Waals surface area contributed by atoms with Crippen LogP contribution in [0.5, 0.6) is 0 Å². The standard InChI is InChI=1S/C27H38O3/c1-17(6-7-18(2)25(29)30-5)22-10-11-23-21-9-8-19-16-20(28)12-14-26(19,3)24(21)13-15-27(22,23)4/h6-7,12,14,16-18,21-24H,8-11,13,15H2,1-5H3/b7-6+/t17-,18?,21+,22-,23+,24+,26+,27-/m1/s1. The van der Waals surface area contributed by atoms with Crippen molar-refractivity contribution in [3.05, 3.63) is 36.0 Å². The first kappa shape index (κ1) is 21.6. The van der Waals surface area contributed by atoms with Crippen molar-refractivity contribution in [2.75, 3.05) is 7.11 Å². The van der Waals surface area contributed by atoms with E-state index in [1.807, 2.05) is 25.2 Å². The van der Waals surface area contributed by atoms with Gasteiger partial charge in [0.1, 0.15) is 0 Å². The van der Waals surface area contributed by atoms with Gasteiger partial charge in [0.25, 0.3) is 0 Å². The van der Waals surface area contributed by atoms with Crippen molar-refractivity contribution >= 4 is 11.8 Å². The summed E-state index contributed by atoms with van der Waals surface area (Å²) in [5.41, 5.74) is 1.84. The molecule has 4 aliphatic carbocycles. The fourth-order valence-electron chi connectivity index (χ4n) is 7.84. The maximum atomic E-state index is 11.9. The molecule has 3 heteroatoms. The molecule has 3 saturated carbocycles. The lowest BCUT2D eigenvalue weighted by atomic mass is 9.47. The molecule has 30 heavy (non-hydrogen) atoms. The van der Waals surface area contributed by atoms with E-state index < -0.39 is 0 Å². The summed E-state index contributed by atoms with van der Waals surface area (Å²) >= 11 is 0. The predicted molar refractivity (Wildman–Crippen MR) is 120 cm³/mol. The summed E-state index contributed by atoms with van der Waals surface area (Å²) in [5, 5.41) is 0. The zero-order chi connectivity index (χ0) is 21.7. The van der Waals surface area contributed by atoms with E-state index in [-0.39, 0.29) is 23.1 Å². The average Bonchev–Trinajstić information content (AvgIpc) is 3.09. The molecule has 164 valence electrons. The number of allylic oxidation sites excluding steroid dienone is 5. The predicted octanol–water partition coefficient (Wildman–Crippen LogP) is 5.91. The highest BCUT2D eigenvalue weighted by Gasteiger charge is 2.58. The fourth-order valence-corrected chi connectivity index (χ4v) is 7.84. The van der Waals surface area contributed by atoms with E-state index >= 15 is 0 Å². The number of methoxy groups -OCH3 is 1. The Morgan fingerprint density at radius 3 is 2.63 bits per heavy atom. The minimum absolute atomic E-state index is 0.0811. The highest BCUT2D eigenvalue weighted by molar-refractivity contribution is 6.01. The zero-order valence-electron chi connectivity index (χ0n) is 19.3. The summed E-state index contributed by atoms with van der Waals surface area (Å²) in [6, 6.07) is 0. The van der Waals surface area contributed by atoms with Crippen LogP contribution in [0, 0.1) is 46.3 Å². The quantitative estimate of drug-likeness (QED) is 0.427. The van der Waals surface area contributed by atoms with Crippen molar-refractivity contribution in [2.24, 2.45) is 46.3 Å². The van der Waals surface area contributed by atoms with Crippen LogP contribution >= 0.6 is 0 Å². The van der Waals surface area contributed by atoms with Crippen LogP contribution in [0.4, 0.5) is 0 Å². The summed E-state index contributed by atoms with van der Waals surface area (Å²) in [7, 11) is 1.46. The van der Waals surface area contributed by atoms with Gasteiger partial charge in [-0.25, -0.2) is 0 Å². The summed E-state index contributed by atoms with van der Waals surface area (Å²) in [6.07, 6.45) is 17.8. The zero-order valence-corrected chi connectivity index (χ0v) is 19.3. The molecule has 0 aromatic heterocycles. The molecule has 0 heterocycles. The van der Waals surface area contributed by atoms with Crippen LogP contribution in [0.25, 0.3) is 0 Å². The maximum absolute atomic E-state index is 11.9. The number of ether oxygens (including phenoxy) is 1. The number of rotatable bonds is 4. The Morgan fingerprint density at radius 2 is 1.90 bits per heavy atom. The number of esters is 1. The largest absolute Gasteiger partial charge is 0.469 e. The van der Waals surface area contributed by atoms with E-state index in [2.05, 4.69) is 32.9 Å². The lowest BCUT2D eigenvalue weighted by molar-refractivity contribution is -0.143. The molecule has 0 saturated heterocycles. The van der Waals surface area contributed by atoms with Gasteiger partial charge in [0, 0.05) is 5.41 Å². The molecule has 1 unspecified atom stereocenters. The van der Waals surface area contributed by atoms with E-state index in [9.17, 15) is 9.59 Å². The van der Waals surface area contributed by atoms with Gasteiger partial charge in [-0.2, -0.15) is 0 Å². The number of carbonyl (C=O) groups excluding carboxylic acids is 2. The smallest absolute Gasteiger partial charge is 0.312 e. The molecule has 3 nitrogen and oxygen atoms in total. The molecule has 0 aromatic rings. The molecule has 0 amide bonds. The summed E-state index contributed by atoms with van der Waals surface area (Å²) in [6.45, 7) is 9.18. The van der Waals surface area contributed by atoms with Gasteiger partial charge in [-0.3, -0.25) is 9.59 Å². The first-order valence-electron chi connectivity index (χ1n) is 11.9. The van der Waals surface area contributed by atoms with Gasteiger partial charge in [-0.05, 0) is 92.6 Å². The fraction of sp³-hybridized carbons (Fsp3) is 0.704. The number of fused-ring (bicyclic) bond motifs is 5. The lowest BCUT2D eigenvalue weighted by Gasteiger charge is -2.57. The topological polar surface area (TPSA) is 43.4 Å². The van der Waals surface area contributed by atoms with Crippen LogP contribution in [0.1, 0.15) is 66.2 Å². The third-order valence-electron chi connectivity index (χ3n) is 9.54. The lowest BCUT2D eigenvalue weighted by Crippen LogP contribution is -2.50. The van der Waals surface area contributed by atoms with Crippen molar-refractivity contribution in [2.45, 2.75) is 66.2 Å². The van der Waals surface area contributed by atoms with Crippen LogP contribution in [-0.2, 0) is 14.3 Å². The monoisotopic (exact) mass is 410 g/mol. The molecular weight excluding hydrogens is 372 g/mol. The molecule has 0 bridgehead atoms. The summed E-state index contributed by atoms with van der Waals surface area (Å²) < 4.78 is 4.87. The molecular formula is C27H38O3. The number of carbonyl (C=O) groups is 2. The average molecular weight is 411 g/mol. The molecule has 0 N–H and O–H groups in total. The van der Waals surface area contributed by atoms with Gasteiger partial charge < -0.3 is 4.74 Å². The second-order valence-electron chi connectivity index (χ2n) is 10.9. The van der Waals surface area contributed by atoms with Crippen molar-refractivity contribution in [1.82, 2.24) is 0 Å². The van der Waals surface area contributed by atoms with Crippen LogP contribution in [0.15, 0.2) is 36.0 Å². The van der Waals surface area contributed by atoms with Crippen molar-refractivity contribution in [3.8, 4) is 0 Å². The Morgan fingerprint density at radius 1 is 1.13 bits per heavy atom. The molecule has 0 radical (unpaired) electrons. The second kappa shape index (κ2) is 7.80. The Balaban J connectivity index is 1.52. The number of ketones is 1. The molecule has 8 atom stereocenters. The van der Waals surface area contributed by atoms with Crippen LogP contribution in [-0.4, -0.2) is 18.9 Å². The molecule has 4 aliphatic rings. The summed E-state index contributed by atoms with van der Waals surface area (Å²) in [4.78, 5) is 23.7. The first-order valence-corrected chi connectivity index (χ1v) is 11.9. The minimum atomic E-state index is -0.178. The number of hydrogen-bond acceptors (Lipinski definition) is 3. The third-order valence-corrected chi connectivity index (χ3v) is 9.54. The second-order valence-corrected chi connectivity index (χ2v) is 10.9. The minimum Gasteiger partial charge on any atom is -0.469 e. The van der Waals surface area contributed by atoms with E-state index in [1.165, 1.54) is 44.8 Å². The van der Waals surface area contributed by atoms with Crippen LogP contribution in [0.2, 0.25) is 0 Å². The van der Waals surface area contributed by atoms with Gasteiger partial charge in [0.05, 0.1) is 13.0 Å². The molecule has 0 aromatic carbocycles. The highest BCUT2D eigenvalue weighted by Crippen LogP contribution is 2.66. The SMILES string of the molecule is COC(=O)C(C)/C=C/[C@@H](C)[C@H]1CC[C@H]2[C@@H]3CCC4=CC(=O)C=C[C@]4(C)[C@H]3CC[C@]12C. The Bertz CT molecular complexity index is 805. The van der Waals surface area contributed by atoms with Crippen molar-refractivity contribution in [3.63, 3.8) is 0 Å². The molecule has 0 spiro atoms. The van der Waals surface area contributed by atoms with E-state index in [0.717, 1.165) is 18.3 Å². The number of hydrogen-bond donors (Lipinski definition) is 0. The van der Waals surface area contributed by atoms with Crippen molar-refractivity contribution in [1.29, 1.82) is 0 Å². The van der Waals surface area contributed by atoms with Crippen molar-refractivity contribution < 1.29 is 14.3 Å². The van der Waals surface area contributed by atoms with E-state index in [1.54, 1.807) is 0 Å². The molecule has 4 rings (SSSR count). The highest BCUT2D eigenvalue weighted by atomic mass is 16.5. The van der Waals surface area contributed by atoms with E-state index in [0.29, 0.717) is 23.2 Å². The van der Waals surface area contributed by atoms with Gasteiger partial charge in [-0.15, -0.1) is 0 Å². The summed E-state index contributed by atoms with van der Waals surface area (Å²) in [5.74, 6) is 3.20. The van der Waals surface area contributed by atoms with Gasteiger partial charge in [0.2, 0.25) is 0 Å². The molecule has 0 aliphatic heterocycles.